The molecule has 1 amide bonds. The molecule has 26 heavy (non-hydrogen) atoms. The lowest BCUT2D eigenvalue weighted by molar-refractivity contribution is -0.118. The SMILES string of the molecule is Cc1ccc(C)c(NC(=O)C(C)n2cnc3c2c(=O)n(C)c(=O)n3C)c1. The molecule has 2 aromatic heterocycles. The van der Waals surface area contributed by atoms with Crippen molar-refractivity contribution in [1.29, 1.82) is 0 Å². The zero-order chi connectivity index (χ0) is 19.2. The molecule has 1 aromatic carbocycles. The van der Waals surface area contributed by atoms with Gasteiger partial charge in [0.05, 0.1) is 6.33 Å². The lowest BCUT2D eigenvalue weighted by atomic mass is 10.1. The highest BCUT2D eigenvalue weighted by atomic mass is 16.2. The molecule has 0 aliphatic carbocycles. The average Bonchev–Trinajstić information content (AvgIpc) is 3.05. The topological polar surface area (TPSA) is 90.9 Å². The molecule has 0 saturated heterocycles. The summed E-state index contributed by atoms with van der Waals surface area (Å²) in [6.45, 7) is 5.55. The summed E-state index contributed by atoms with van der Waals surface area (Å²) >= 11 is 0. The first-order chi connectivity index (χ1) is 12.2. The molecule has 3 aromatic rings. The van der Waals surface area contributed by atoms with Crippen molar-refractivity contribution >= 4 is 22.8 Å². The molecule has 0 bridgehead atoms. The Morgan fingerprint density at radius 1 is 1.15 bits per heavy atom. The van der Waals surface area contributed by atoms with Crippen LogP contribution >= 0.6 is 0 Å². The van der Waals surface area contributed by atoms with E-state index < -0.39 is 17.3 Å². The van der Waals surface area contributed by atoms with Gasteiger partial charge in [-0.2, -0.15) is 0 Å². The van der Waals surface area contributed by atoms with Crippen LogP contribution in [0.4, 0.5) is 5.69 Å². The first kappa shape index (κ1) is 17.7. The van der Waals surface area contributed by atoms with Gasteiger partial charge < -0.3 is 9.88 Å². The number of benzene rings is 1. The van der Waals surface area contributed by atoms with Gasteiger partial charge in [0, 0.05) is 19.8 Å². The summed E-state index contributed by atoms with van der Waals surface area (Å²) in [5.74, 6) is -0.270. The maximum atomic E-state index is 12.7. The van der Waals surface area contributed by atoms with Crippen molar-refractivity contribution in [3.63, 3.8) is 0 Å². The Bertz CT molecular complexity index is 1140. The van der Waals surface area contributed by atoms with Crippen LogP contribution in [0.2, 0.25) is 0 Å². The molecule has 0 saturated carbocycles. The van der Waals surface area contributed by atoms with Crippen molar-refractivity contribution in [2.45, 2.75) is 26.8 Å². The fourth-order valence-corrected chi connectivity index (χ4v) is 2.89. The van der Waals surface area contributed by atoms with Crippen LogP contribution in [0, 0.1) is 13.8 Å². The Morgan fingerprint density at radius 2 is 1.85 bits per heavy atom. The third-order valence-corrected chi connectivity index (χ3v) is 4.62. The van der Waals surface area contributed by atoms with Gasteiger partial charge in [-0.15, -0.1) is 0 Å². The van der Waals surface area contributed by atoms with Crippen LogP contribution in [-0.4, -0.2) is 24.6 Å². The number of hydrogen-bond donors (Lipinski definition) is 1. The molecule has 0 aliphatic rings. The Morgan fingerprint density at radius 3 is 2.54 bits per heavy atom. The molecular weight excluding hydrogens is 334 g/mol. The van der Waals surface area contributed by atoms with Crippen molar-refractivity contribution in [3.05, 3.63) is 56.5 Å². The second-order valence-corrected chi connectivity index (χ2v) is 6.51. The van der Waals surface area contributed by atoms with Crippen molar-refractivity contribution in [2.24, 2.45) is 14.1 Å². The highest BCUT2D eigenvalue weighted by molar-refractivity contribution is 5.95. The highest BCUT2D eigenvalue weighted by Gasteiger charge is 2.22. The largest absolute Gasteiger partial charge is 0.332 e. The van der Waals surface area contributed by atoms with E-state index in [0.717, 1.165) is 21.4 Å². The summed E-state index contributed by atoms with van der Waals surface area (Å²) in [6, 6.07) is 5.13. The molecule has 2 heterocycles. The second kappa shape index (κ2) is 6.29. The van der Waals surface area contributed by atoms with Crippen LogP contribution < -0.4 is 16.6 Å². The highest BCUT2D eigenvalue weighted by Crippen LogP contribution is 2.19. The number of hydrogen-bond acceptors (Lipinski definition) is 4. The van der Waals surface area contributed by atoms with Crippen LogP contribution in [0.5, 0.6) is 0 Å². The van der Waals surface area contributed by atoms with E-state index in [2.05, 4.69) is 10.3 Å². The van der Waals surface area contributed by atoms with Gasteiger partial charge >= 0.3 is 5.69 Å². The zero-order valence-corrected chi connectivity index (χ0v) is 15.4. The molecule has 1 N–H and O–H groups in total. The predicted octanol–water partition coefficient (Wildman–Crippen LogP) is 1.25. The number of carbonyl (C=O) groups is 1. The third kappa shape index (κ3) is 2.73. The van der Waals surface area contributed by atoms with Gasteiger partial charge in [-0.1, -0.05) is 12.1 Å². The van der Waals surface area contributed by atoms with Crippen LogP contribution in [-0.2, 0) is 18.9 Å². The minimum Gasteiger partial charge on any atom is -0.324 e. The quantitative estimate of drug-likeness (QED) is 0.765. The Kier molecular flexibility index (Phi) is 4.27. The van der Waals surface area contributed by atoms with Gasteiger partial charge in [-0.05, 0) is 38.0 Å². The van der Waals surface area contributed by atoms with E-state index in [9.17, 15) is 14.4 Å². The van der Waals surface area contributed by atoms with Crippen molar-refractivity contribution in [2.75, 3.05) is 5.32 Å². The molecule has 8 nitrogen and oxygen atoms in total. The second-order valence-electron chi connectivity index (χ2n) is 6.51. The van der Waals surface area contributed by atoms with E-state index in [-0.39, 0.29) is 17.1 Å². The normalized spacial score (nSPS) is 12.3. The molecule has 0 spiro atoms. The summed E-state index contributed by atoms with van der Waals surface area (Å²) in [4.78, 5) is 41.4. The molecule has 0 radical (unpaired) electrons. The van der Waals surface area contributed by atoms with Gasteiger partial charge in [0.1, 0.15) is 6.04 Å². The smallest absolute Gasteiger partial charge is 0.324 e. The number of carbonyl (C=O) groups excluding carboxylic acids is 1. The lowest BCUT2D eigenvalue weighted by Gasteiger charge is -2.16. The number of imidazole rings is 1. The summed E-state index contributed by atoms with van der Waals surface area (Å²) in [6.07, 6.45) is 1.42. The average molecular weight is 355 g/mol. The number of anilines is 1. The van der Waals surface area contributed by atoms with Crippen LogP contribution in [0.25, 0.3) is 11.2 Å². The maximum absolute atomic E-state index is 12.7. The fraction of sp³-hybridized carbons (Fsp3) is 0.333. The molecule has 136 valence electrons. The van der Waals surface area contributed by atoms with E-state index in [4.69, 9.17) is 0 Å². The molecule has 0 aliphatic heterocycles. The maximum Gasteiger partial charge on any atom is 0.332 e. The van der Waals surface area contributed by atoms with E-state index in [1.165, 1.54) is 22.5 Å². The molecule has 1 unspecified atom stereocenters. The van der Waals surface area contributed by atoms with E-state index >= 15 is 0 Å². The minimum atomic E-state index is -0.676. The van der Waals surface area contributed by atoms with Crippen LogP contribution in [0.15, 0.2) is 34.1 Å². The van der Waals surface area contributed by atoms with E-state index in [0.29, 0.717) is 0 Å². The summed E-state index contributed by atoms with van der Waals surface area (Å²) in [5, 5.41) is 2.90. The standard InChI is InChI=1S/C18H21N5O3/c1-10-6-7-11(2)13(8-10)20-16(24)12(3)23-9-19-15-14(23)17(25)22(5)18(26)21(15)4/h6-9,12H,1-5H3,(H,20,24). The first-order valence-electron chi connectivity index (χ1n) is 8.23. The summed E-state index contributed by atoms with van der Waals surface area (Å²) in [7, 11) is 2.95. The number of nitrogens with zero attached hydrogens (tertiary/aromatic N) is 4. The van der Waals surface area contributed by atoms with Gasteiger partial charge in [0.15, 0.2) is 11.2 Å². The summed E-state index contributed by atoms with van der Waals surface area (Å²) < 4.78 is 3.80. The number of fused-ring (bicyclic) bond motifs is 1. The monoisotopic (exact) mass is 355 g/mol. The lowest BCUT2D eigenvalue weighted by Crippen LogP contribution is -2.38. The van der Waals surface area contributed by atoms with E-state index in [1.807, 2.05) is 32.0 Å². The molecule has 1 atom stereocenters. The van der Waals surface area contributed by atoms with Gasteiger partial charge in [0.2, 0.25) is 5.91 Å². The molecule has 8 heteroatoms. The molecule has 3 rings (SSSR count). The number of aromatic nitrogens is 4. The fourth-order valence-electron chi connectivity index (χ4n) is 2.89. The third-order valence-electron chi connectivity index (χ3n) is 4.62. The van der Waals surface area contributed by atoms with Crippen LogP contribution in [0.1, 0.15) is 24.1 Å². The zero-order valence-electron chi connectivity index (χ0n) is 15.4. The van der Waals surface area contributed by atoms with Crippen molar-refractivity contribution < 1.29 is 4.79 Å². The van der Waals surface area contributed by atoms with E-state index in [1.54, 1.807) is 14.0 Å². The van der Waals surface area contributed by atoms with Gasteiger partial charge in [-0.25, -0.2) is 9.78 Å². The van der Waals surface area contributed by atoms with Crippen molar-refractivity contribution in [3.8, 4) is 0 Å². The number of amides is 1. The first-order valence-corrected chi connectivity index (χ1v) is 8.23. The van der Waals surface area contributed by atoms with Crippen LogP contribution in [0.3, 0.4) is 0 Å². The Hall–Kier alpha value is -3.16. The number of aryl methyl sites for hydroxylation is 3. The Balaban J connectivity index is 2.04. The Labute approximate surface area is 149 Å². The number of nitrogens with one attached hydrogen (secondary N) is 1. The summed E-state index contributed by atoms with van der Waals surface area (Å²) in [5.41, 5.74) is 2.25. The number of rotatable bonds is 3. The minimum absolute atomic E-state index is 0.221. The van der Waals surface area contributed by atoms with Gasteiger partial charge in [0.25, 0.3) is 5.56 Å². The molecule has 0 fully saturated rings. The van der Waals surface area contributed by atoms with Gasteiger partial charge in [-0.3, -0.25) is 18.7 Å². The predicted molar refractivity (Wildman–Crippen MR) is 99.5 cm³/mol. The van der Waals surface area contributed by atoms with Crippen molar-refractivity contribution in [1.82, 2.24) is 18.7 Å². The molecular formula is C18H21N5O3.